The number of rotatable bonds is 7. The van der Waals surface area contributed by atoms with Crippen LogP contribution in [0.2, 0.25) is 0 Å². The smallest absolute Gasteiger partial charge is 0.295 e. The number of benzene rings is 4. The van der Waals surface area contributed by atoms with Crippen LogP contribution < -0.4 is 41.9 Å². The topological polar surface area (TPSA) is 156 Å². The third-order valence-corrected chi connectivity index (χ3v) is 6.12. The predicted molar refractivity (Wildman–Crippen MR) is 133 cm³/mol. The third-order valence-electron chi connectivity index (χ3n) is 5.22. The fourth-order valence-corrected chi connectivity index (χ4v) is 4.28. The fraction of sp³-hybridized carbons (Fsp3) is 0.0833. The van der Waals surface area contributed by atoms with Crippen LogP contribution >= 0.6 is 0 Å². The summed E-state index contributed by atoms with van der Waals surface area (Å²) in [5.74, 6) is 0.814. The first kappa shape index (κ1) is 24.6. The van der Waals surface area contributed by atoms with E-state index in [1.54, 1.807) is 48.5 Å². The summed E-state index contributed by atoms with van der Waals surface area (Å²) in [7, 11) is -1.92. The highest BCUT2D eigenvalue weighted by atomic mass is 32.2. The maximum absolute atomic E-state index is 13.1. The number of nitrogens with one attached hydrogen (secondary N) is 2. The van der Waals surface area contributed by atoms with Gasteiger partial charge in [0.25, 0.3) is 21.0 Å². The minimum absolute atomic E-state index is 0.0160. The Balaban J connectivity index is 2.04. The van der Waals surface area contributed by atoms with Crippen molar-refractivity contribution in [3.05, 3.63) is 97.9 Å². The minimum atomic E-state index is -4.81. The van der Waals surface area contributed by atoms with Crippen LogP contribution in [0.25, 0.3) is 10.8 Å². The van der Waals surface area contributed by atoms with Crippen molar-refractivity contribution in [3.8, 4) is 11.5 Å². The van der Waals surface area contributed by atoms with E-state index in [4.69, 9.17) is 9.47 Å². The second-order valence-electron chi connectivity index (χ2n) is 7.36. The van der Waals surface area contributed by atoms with Gasteiger partial charge >= 0.3 is 0 Å². The Hall–Kier alpha value is -4.55. The zero-order valence-electron chi connectivity index (χ0n) is 19.1. The molecule has 0 fully saturated rings. The molecule has 4 aromatic carbocycles. The molecule has 0 heterocycles. The van der Waals surface area contributed by atoms with Crippen LogP contribution in [-0.2, 0) is 10.1 Å². The van der Waals surface area contributed by atoms with Gasteiger partial charge in [0.2, 0.25) is 0 Å². The summed E-state index contributed by atoms with van der Waals surface area (Å²) in [5, 5.41) is 6.96. The molecule has 0 spiro atoms. The highest BCUT2D eigenvalue weighted by Crippen LogP contribution is 2.24. The minimum Gasteiger partial charge on any atom is -0.495 e. The van der Waals surface area contributed by atoms with Crippen molar-refractivity contribution in [1.82, 2.24) is 0 Å². The molecule has 0 atom stereocenters. The van der Waals surface area contributed by atoms with Gasteiger partial charge in [-0.15, -0.1) is 0 Å². The van der Waals surface area contributed by atoms with Gasteiger partial charge in [0, 0.05) is 10.8 Å². The van der Waals surface area contributed by atoms with E-state index in [0.29, 0.717) is 22.9 Å². The Bertz CT molecular complexity index is 1790. The van der Waals surface area contributed by atoms with Crippen molar-refractivity contribution in [2.75, 3.05) is 25.1 Å². The number of para-hydroxylation sites is 4. The maximum Gasteiger partial charge on any atom is 0.295 e. The lowest BCUT2D eigenvalue weighted by molar-refractivity contribution is 0.416. The van der Waals surface area contributed by atoms with Gasteiger partial charge in [-0.3, -0.25) is 25.0 Å². The summed E-state index contributed by atoms with van der Waals surface area (Å²) in [6.45, 7) is 0. The van der Waals surface area contributed by atoms with E-state index in [2.05, 4.69) is 21.1 Å². The second-order valence-corrected chi connectivity index (χ2v) is 8.75. The summed E-state index contributed by atoms with van der Waals surface area (Å²) < 4.78 is 44.7. The van der Waals surface area contributed by atoms with Crippen molar-refractivity contribution in [2.45, 2.75) is 4.90 Å². The molecule has 0 aliphatic heterocycles. The van der Waals surface area contributed by atoms with Gasteiger partial charge in [-0.2, -0.15) is 18.6 Å². The molecule has 184 valence electrons. The quantitative estimate of drug-likeness (QED) is 0.191. The molecule has 11 nitrogen and oxygen atoms in total. The normalized spacial score (nSPS) is 12.5. The Labute approximate surface area is 204 Å². The summed E-state index contributed by atoms with van der Waals surface area (Å²) in [5.41, 5.74) is 3.92. The van der Waals surface area contributed by atoms with Gasteiger partial charge in [0.1, 0.15) is 27.1 Å². The average Bonchev–Trinajstić information content (AvgIpc) is 2.88. The lowest BCUT2D eigenvalue weighted by Gasteiger charge is -2.08. The number of ether oxygens (including phenoxy) is 2. The Morgan fingerprint density at radius 1 is 0.722 bits per heavy atom. The van der Waals surface area contributed by atoms with Crippen molar-refractivity contribution in [2.24, 2.45) is 10.2 Å². The van der Waals surface area contributed by atoms with Crippen LogP contribution in [0, 0.1) is 0 Å². The van der Waals surface area contributed by atoms with E-state index in [-0.39, 0.29) is 16.1 Å². The number of hydrogen-bond donors (Lipinski definition) is 3. The number of fused-ring (bicyclic) bond motifs is 1. The zero-order chi connectivity index (χ0) is 25.9. The van der Waals surface area contributed by atoms with Crippen molar-refractivity contribution in [3.63, 3.8) is 0 Å². The zero-order valence-corrected chi connectivity index (χ0v) is 19.9. The first-order valence-corrected chi connectivity index (χ1v) is 11.8. The largest absolute Gasteiger partial charge is 0.495 e. The molecule has 0 saturated heterocycles. The van der Waals surface area contributed by atoms with E-state index in [0.717, 1.165) is 6.07 Å². The maximum atomic E-state index is 13.1. The van der Waals surface area contributed by atoms with Crippen LogP contribution in [0.4, 0.5) is 11.4 Å². The molecule has 4 aromatic rings. The first-order chi connectivity index (χ1) is 17.3. The van der Waals surface area contributed by atoms with E-state index in [1.165, 1.54) is 26.4 Å². The second kappa shape index (κ2) is 9.98. The standard InChI is InChI=1S/C24H20N4O7S/c1-34-17-11-5-3-9-15(17)25-27-21-14-8-7-13-19(36(31,32)33)20(14)22(24(30)23(21)29)28-26-16-10-4-6-12-18(16)35-2/h3-13,25-26H,1-2H3,(H,31,32,33). The number of nitrogens with zero attached hydrogens (tertiary/aromatic N) is 2. The molecule has 0 bridgehead atoms. The highest BCUT2D eigenvalue weighted by Gasteiger charge is 2.20. The summed E-state index contributed by atoms with van der Waals surface area (Å²) >= 11 is 0. The van der Waals surface area contributed by atoms with Gasteiger partial charge in [-0.25, -0.2) is 0 Å². The van der Waals surface area contributed by atoms with Crippen LogP contribution in [0.15, 0.2) is 91.4 Å². The van der Waals surface area contributed by atoms with Crippen LogP contribution in [0.5, 0.6) is 11.5 Å². The third kappa shape index (κ3) is 4.67. The Morgan fingerprint density at radius 3 is 1.75 bits per heavy atom. The molecule has 0 saturated carbocycles. The molecule has 12 heteroatoms. The Morgan fingerprint density at radius 2 is 1.22 bits per heavy atom. The Kier molecular flexibility index (Phi) is 6.81. The summed E-state index contributed by atoms with van der Waals surface area (Å²) in [4.78, 5) is 25.6. The monoisotopic (exact) mass is 508 g/mol. The van der Waals surface area contributed by atoms with Crippen LogP contribution in [0.3, 0.4) is 0 Å². The molecular weight excluding hydrogens is 488 g/mol. The van der Waals surface area contributed by atoms with Crippen LogP contribution in [-0.4, -0.2) is 27.2 Å². The lowest BCUT2D eigenvalue weighted by Crippen LogP contribution is -2.48. The van der Waals surface area contributed by atoms with Gasteiger partial charge < -0.3 is 9.47 Å². The van der Waals surface area contributed by atoms with Gasteiger partial charge in [0.15, 0.2) is 0 Å². The number of hydrogen-bond acceptors (Lipinski definition) is 10. The van der Waals surface area contributed by atoms with E-state index in [1.807, 2.05) is 0 Å². The number of anilines is 2. The lowest BCUT2D eigenvalue weighted by atomic mass is 10.1. The van der Waals surface area contributed by atoms with Gasteiger partial charge in [0.05, 0.1) is 25.6 Å². The SMILES string of the molecule is COc1ccccc1NN=c1c(=O)c(=O)c(=NNc2ccccc2OC)c2c(S(=O)(=O)O)cccc12. The predicted octanol–water partition coefficient (Wildman–Crippen LogP) is 1.56. The molecule has 0 aliphatic rings. The molecule has 36 heavy (non-hydrogen) atoms. The molecular formula is C24H20N4O7S. The highest BCUT2D eigenvalue weighted by molar-refractivity contribution is 7.86. The van der Waals surface area contributed by atoms with Crippen molar-refractivity contribution >= 4 is 32.3 Å². The summed E-state index contributed by atoms with van der Waals surface area (Å²) in [6.07, 6.45) is 0. The molecule has 0 unspecified atom stereocenters. The number of methoxy groups -OCH3 is 2. The van der Waals surface area contributed by atoms with Gasteiger partial charge in [-0.1, -0.05) is 36.4 Å². The molecule has 0 aromatic heterocycles. The van der Waals surface area contributed by atoms with E-state index in [9.17, 15) is 22.6 Å². The van der Waals surface area contributed by atoms with Crippen molar-refractivity contribution in [1.29, 1.82) is 0 Å². The first-order valence-electron chi connectivity index (χ1n) is 10.4. The van der Waals surface area contributed by atoms with Crippen molar-refractivity contribution < 1.29 is 22.4 Å². The summed E-state index contributed by atoms with van der Waals surface area (Å²) in [6, 6.07) is 17.2. The molecule has 4 rings (SSSR count). The van der Waals surface area contributed by atoms with E-state index >= 15 is 0 Å². The van der Waals surface area contributed by atoms with Gasteiger partial charge in [-0.05, 0) is 30.3 Å². The molecule has 0 aliphatic carbocycles. The van der Waals surface area contributed by atoms with Crippen LogP contribution in [0.1, 0.15) is 0 Å². The molecule has 0 radical (unpaired) electrons. The average molecular weight is 509 g/mol. The molecule has 3 N–H and O–H groups in total. The fourth-order valence-electron chi connectivity index (χ4n) is 3.56. The van der Waals surface area contributed by atoms with E-state index < -0.39 is 31.2 Å². The molecule has 0 amide bonds.